The minimum absolute atomic E-state index is 0.0690. The average Bonchev–Trinajstić information content (AvgIpc) is 3.38. The molecule has 0 heterocycles. The standard InChI is InChI=1S/C29H29ClF2N2O2/c30-25-11-6-12-26(32)24(25)18-28(35)34(19-21-13-15-22(31)16-14-21)27(17-20-7-2-1-3-8-20)29(36)33-23-9-4-5-10-23/h1-3,6-8,11-16,23,27H,4-5,9-10,17-19H2,(H,33,36)/t27-/m0/s1. The molecule has 0 radical (unpaired) electrons. The van der Waals surface area contributed by atoms with Gasteiger partial charge in [0.2, 0.25) is 11.8 Å². The molecule has 0 unspecified atom stereocenters. The summed E-state index contributed by atoms with van der Waals surface area (Å²) in [6, 6.07) is 18.8. The Morgan fingerprint density at radius 2 is 1.61 bits per heavy atom. The summed E-state index contributed by atoms with van der Waals surface area (Å²) < 4.78 is 28.1. The Bertz CT molecular complexity index is 1160. The average molecular weight is 511 g/mol. The summed E-state index contributed by atoms with van der Waals surface area (Å²) >= 11 is 6.21. The van der Waals surface area contributed by atoms with Crippen LogP contribution in [0.25, 0.3) is 0 Å². The molecule has 4 rings (SSSR count). The van der Waals surface area contributed by atoms with Gasteiger partial charge >= 0.3 is 0 Å². The Morgan fingerprint density at radius 1 is 0.917 bits per heavy atom. The third-order valence-electron chi connectivity index (χ3n) is 6.63. The van der Waals surface area contributed by atoms with Crippen LogP contribution in [0.3, 0.4) is 0 Å². The second-order valence-electron chi connectivity index (χ2n) is 9.22. The van der Waals surface area contributed by atoms with E-state index in [0.29, 0.717) is 5.56 Å². The number of benzene rings is 3. The van der Waals surface area contributed by atoms with Gasteiger partial charge in [0.25, 0.3) is 0 Å². The molecule has 1 aliphatic rings. The first-order valence-corrected chi connectivity index (χ1v) is 12.6. The van der Waals surface area contributed by atoms with Crippen molar-refractivity contribution in [2.75, 3.05) is 0 Å². The summed E-state index contributed by atoms with van der Waals surface area (Å²) in [6.45, 7) is 0.0702. The number of nitrogens with zero attached hydrogens (tertiary/aromatic N) is 1. The summed E-state index contributed by atoms with van der Waals surface area (Å²) in [5, 5.41) is 3.28. The van der Waals surface area contributed by atoms with Crippen LogP contribution in [0.2, 0.25) is 5.02 Å². The molecule has 188 valence electrons. The summed E-state index contributed by atoms with van der Waals surface area (Å²) in [5.41, 5.74) is 1.64. The minimum atomic E-state index is -0.837. The van der Waals surface area contributed by atoms with E-state index in [0.717, 1.165) is 31.2 Å². The number of carbonyl (C=O) groups excluding carboxylic acids is 2. The molecule has 7 heteroatoms. The number of hydrogen-bond donors (Lipinski definition) is 1. The van der Waals surface area contributed by atoms with E-state index in [1.165, 1.54) is 35.2 Å². The number of rotatable bonds is 9. The third-order valence-corrected chi connectivity index (χ3v) is 6.98. The molecule has 0 bridgehead atoms. The van der Waals surface area contributed by atoms with E-state index < -0.39 is 23.6 Å². The highest BCUT2D eigenvalue weighted by molar-refractivity contribution is 6.31. The van der Waals surface area contributed by atoms with E-state index >= 15 is 0 Å². The predicted molar refractivity (Wildman–Crippen MR) is 136 cm³/mol. The Kier molecular flexibility index (Phi) is 8.70. The Hall–Kier alpha value is -3.25. The van der Waals surface area contributed by atoms with Gasteiger partial charge in [-0.1, -0.05) is 73.0 Å². The van der Waals surface area contributed by atoms with E-state index in [9.17, 15) is 18.4 Å². The summed E-state index contributed by atoms with van der Waals surface area (Å²) in [7, 11) is 0. The van der Waals surface area contributed by atoms with Crippen LogP contribution in [0.1, 0.15) is 42.4 Å². The van der Waals surface area contributed by atoms with Crippen molar-refractivity contribution in [2.45, 2.75) is 57.2 Å². The monoisotopic (exact) mass is 510 g/mol. The molecule has 4 nitrogen and oxygen atoms in total. The molecule has 3 aromatic rings. The molecule has 0 aromatic heterocycles. The van der Waals surface area contributed by atoms with Crippen molar-refractivity contribution in [1.82, 2.24) is 10.2 Å². The molecule has 36 heavy (non-hydrogen) atoms. The predicted octanol–water partition coefficient (Wildman–Crippen LogP) is 5.86. The van der Waals surface area contributed by atoms with E-state index in [4.69, 9.17) is 11.6 Å². The van der Waals surface area contributed by atoms with Crippen molar-refractivity contribution in [3.63, 3.8) is 0 Å². The number of halogens is 3. The number of hydrogen-bond acceptors (Lipinski definition) is 2. The third kappa shape index (κ3) is 6.70. The van der Waals surface area contributed by atoms with Crippen LogP contribution in [-0.4, -0.2) is 28.8 Å². The summed E-state index contributed by atoms with van der Waals surface area (Å²) in [5.74, 6) is -1.66. The molecule has 2 amide bonds. The molecule has 1 saturated carbocycles. The van der Waals surface area contributed by atoms with Crippen molar-refractivity contribution in [2.24, 2.45) is 0 Å². The lowest BCUT2D eigenvalue weighted by molar-refractivity contribution is -0.141. The number of carbonyl (C=O) groups is 2. The number of nitrogens with one attached hydrogen (secondary N) is 1. The zero-order valence-corrected chi connectivity index (χ0v) is 20.7. The van der Waals surface area contributed by atoms with Crippen LogP contribution < -0.4 is 5.32 Å². The van der Waals surface area contributed by atoms with Crippen LogP contribution >= 0.6 is 11.6 Å². The maximum absolute atomic E-state index is 14.5. The normalized spacial score (nSPS) is 14.4. The zero-order chi connectivity index (χ0) is 25.5. The topological polar surface area (TPSA) is 49.4 Å². The molecule has 1 atom stereocenters. The largest absolute Gasteiger partial charge is 0.352 e. The van der Waals surface area contributed by atoms with E-state index in [1.807, 2.05) is 30.3 Å². The van der Waals surface area contributed by atoms with Gasteiger partial charge in [-0.2, -0.15) is 0 Å². The van der Waals surface area contributed by atoms with Crippen LogP contribution in [0.4, 0.5) is 8.78 Å². The maximum Gasteiger partial charge on any atom is 0.243 e. The van der Waals surface area contributed by atoms with Gasteiger partial charge in [0.1, 0.15) is 17.7 Å². The maximum atomic E-state index is 14.5. The lowest BCUT2D eigenvalue weighted by atomic mass is 10.0. The summed E-state index contributed by atoms with van der Waals surface area (Å²) in [4.78, 5) is 28.8. The molecule has 3 aromatic carbocycles. The van der Waals surface area contributed by atoms with Gasteiger partial charge in [-0.15, -0.1) is 0 Å². The number of amides is 2. The fraction of sp³-hybridized carbons (Fsp3) is 0.310. The highest BCUT2D eigenvalue weighted by Gasteiger charge is 2.32. The van der Waals surface area contributed by atoms with Crippen LogP contribution in [0, 0.1) is 11.6 Å². The Labute approximate surface area is 215 Å². The van der Waals surface area contributed by atoms with Crippen molar-refractivity contribution in [3.8, 4) is 0 Å². The van der Waals surface area contributed by atoms with Gasteiger partial charge in [-0.05, 0) is 48.2 Å². The van der Waals surface area contributed by atoms with E-state index in [1.54, 1.807) is 12.1 Å². The molecular formula is C29H29ClF2N2O2. The van der Waals surface area contributed by atoms with E-state index in [2.05, 4.69) is 5.32 Å². The first-order chi connectivity index (χ1) is 17.4. The molecule has 1 aliphatic carbocycles. The SMILES string of the molecule is O=C(NC1CCCC1)[C@H](Cc1ccccc1)N(Cc1ccc(F)cc1)C(=O)Cc1c(F)cccc1Cl. The van der Waals surface area contributed by atoms with Crippen molar-refractivity contribution >= 4 is 23.4 Å². The molecule has 0 spiro atoms. The van der Waals surface area contributed by atoms with Gasteiger partial charge in [-0.25, -0.2) is 8.78 Å². The van der Waals surface area contributed by atoms with Crippen molar-refractivity contribution in [1.29, 1.82) is 0 Å². The van der Waals surface area contributed by atoms with Crippen LogP contribution in [0.5, 0.6) is 0 Å². The molecule has 0 saturated heterocycles. The lowest BCUT2D eigenvalue weighted by Gasteiger charge is -2.32. The second kappa shape index (κ2) is 12.1. The first-order valence-electron chi connectivity index (χ1n) is 12.2. The van der Waals surface area contributed by atoms with Crippen molar-refractivity contribution in [3.05, 3.63) is 106 Å². The molecular weight excluding hydrogens is 482 g/mol. The highest BCUT2D eigenvalue weighted by Crippen LogP contribution is 2.23. The Balaban J connectivity index is 1.68. The second-order valence-corrected chi connectivity index (χ2v) is 9.63. The molecule has 1 fully saturated rings. The fourth-order valence-corrected chi connectivity index (χ4v) is 4.89. The fourth-order valence-electron chi connectivity index (χ4n) is 4.66. The van der Waals surface area contributed by atoms with Crippen molar-refractivity contribution < 1.29 is 18.4 Å². The molecule has 1 N–H and O–H groups in total. The Morgan fingerprint density at radius 3 is 2.28 bits per heavy atom. The lowest BCUT2D eigenvalue weighted by Crippen LogP contribution is -2.52. The summed E-state index contributed by atoms with van der Waals surface area (Å²) in [6.07, 6.45) is 3.91. The van der Waals surface area contributed by atoms with Gasteiger partial charge in [-0.3, -0.25) is 9.59 Å². The van der Waals surface area contributed by atoms with Gasteiger partial charge in [0.05, 0.1) is 6.42 Å². The minimum Gasteiger partial charge on any atom is -0.352 e. The first kappa shape index (κ1) is 25.8. The molecule has 0 aliphatic heterocycles. The van der Waals surface area contributed by atoms with E-state index in [-0.39, 0.29) is 41.9 Å². The zero-order valence-electron chi connectivity index (χ0n) is 19.9. The van der Waals surface area contributed by atoms with Gasteiger partial charge in [0.15, 0.2) is 0 Å². The van der Waals surface area contributed by atoms with Gasteiger partial charge < -0.3 is 10.2 Å². The highest BCUT2D eigenvalue weighted by atomic mass is 35.5. The van der Waals surface area contributed by atoms with Gasteiger partial charge in [0, 0.05) is 29.6 Å². The smallest absolute Gasteiger partial charge is 0.243 e. The van der Waals surface area contributed by atoms with Crippen LogP contribution in [0.15, 0.2) is 72.8 Å². The van der Waals surface area contributed by atoms with Crippen LogP contribution in [-0.2, 0) is 29.0 Å². The quantitative estimate of drug-likeness (QED) is 0.392.